The van der Waals surface area contributed by atoms with E-state index in [1.165, 1.54) is 12.8 Å². The fourth-order valence-corrected chi connectivity index (χ4v) is 3.93. The number of nitrogens with one attached hydrogen (secondary N) is 2. The lowest BCUT2D eigenvalue weighted by atomic mass is 10.1. The molecule has 1 saturated carbocycles. The molecule has 2 bridgehead atoms. The van der Waals surface area contributed by atoms with Gasteiger partial charge in [0.05, 0.1) is 0 Å². The van der Waals surface area contributed by atoms with Gasteiger partial charge in [0, 0.05) is 42.3 Å². The van der Waals surface area contributed by atoms with Crippen molar-refractivity contribution >= 4 is 29.9 Å². The quantitative estimate of drug-likeness (QED) is 0.867. The molecule has 25 heavy (non-hydrogen) atoms. The van der Waals surface area contributed by atoms with Gasteiger partial charge >= 0.3 is 0 Å². The maximum Gasteiger partial charge on any atom is 0.253 e. The largest absolute Gasteiger partial charge is 0.337 e. The van der Waals surface area contributed by atoms with Crippen LogP contribution in [0.3, 0.4) is 0 Å². The fraction of sp³-hybridized carbons (Fsp3) is 0.579. The Morgan fingerprint density at radius 2 is 1.80 bits per heavy atom. The van der Waals surface area contributed by atoms with Crippen LogP contribution >= 0.6 is 12.4 Å². The molecular formula is C19H26ClN3O2. The number of hydrogen-bond donors (Lipinski definition) is 2. The minimum Gasteiger partial charge on any atom is -0.337 e. The van der Waals surface area contributed by atoms with Crippen molar-refractivity contribution < 1.29 is 9.59 Å². The standard InChI is InChI=1S/C19H25N3O2.ClH/c1-12-10-17(12)18(23)21-14-4-2-13(3-5-14)19(24)22-9-8-15-6-7-16(11-22)20-15;/h2-5,12,15-17,20H,6-11H2,1H3,(H,21,23);1H. The van der Waals surface area contributed by atoms with E-state index in [4.69, 9.17) is 0 Å². The molecule has 5 nitrogen and oxygen atoms in total. The van der Waals surface area contributed by atoms with Crippen molar-refractivity contribution in [3.8, 4) is 0 Å². The van der Waals surface area contributed by atoms with Crippen molar-refractivity contribution in [3.05, 3.63) is 29.8 Å². The van der Waals surface area contributed by atoms with Crippen LogP contribution in [0.5, 0.6) is 0 Å². The second-order valence-corrected chi connectivity index (χ2v) is 7.56. The first kappa shape index (κ1) is 18.2. The number of fused-ring (bicyclic) bond motifs is 2. The van der Waals surface area contributed by atoms with Crippen LogP contribution in [0.15, 0.2) is 24.3 Å². The van der Waals surface area contributed by atoms with E-state index in [1.807, 2.05) is 29.2 Å². The molecule has 1 aliphatic carbocycles. The Morgan fingerprint density at radius 1 is 1.12 bits per heavy atom. The van der Waals surface area contributed by atoms with E-state index in [0.717, 1.165) is 31.6 Å². The highest BCUT2D eigenvalue weighted by Gasteiger charge is 2.39. The van der Waals surface area contributed by atoms with E-state index < -0.39 is 0 Å². The average molecular weight is 364 g/mol. The van der Waals surface area contributed by atoms with Crippen LogP contribution < -0.4 is 10.6 Å². The third kappa shape index (κ3) is 3.98. The van der Waals surface area contributed by atoms with Crippen LogP contribution in [-0.4, -0.2) is 41.9 Å². The van der Waals surface area contributed by atoms with E-state index in [2.05, 4.69) is 17.6 Å². The molecule has 0 aromatic heterocycles. The molecule has 4 atom stereocenters. The molecule has 136 valence electrons. The zero-order chi connectivity index (χ0) is 16.7. The Labute approximate surface area is 154 Å². The van der Waals surface area contributed by atoms with Gasteiger partial charge < -0.3 is 15.5 Å². The van der Waals surface area contributed by atoms with Gasteiger partial charge in [0.25, 0.3) is 5.91 Å². The van der Waals surface area contributed by atoms with Gasteiger partial charge in [-0.25, -0.2) is 0 Å². The normalized spacial score (nSPS) is 30.2. The van der Waals surface area contributed by atoms with E-state index in [0.29, 0.717) is 23.6 Å². The number of halogens is 1. The Morgan fingerprint density at radius 3 is 2.48 bits per heavy atom. The summed E-state index contributed by atoms with van der Waals surface area (Å²) in [4.78, 5) is 26.7. The summed E-state index contributed by atoms with van der Waals surface area (Å²) in [6, 6.07) is 8.34. The molecule has 2 amide bonds. The summed E-state index contributed by atoms with van der Waals surface area (Å²) in [6.07, 6.45) is 4.42. The predicted molar refractivity (Wildman–Crippen MR) is 100 cm³/mol. The number of hydrogen-bond acceptors (Lipinski definition) is 3. The molecule has 2 N–H and O–H groups in total. The highest BCUT2D eigenvalue weighted by atomic mass is 35.5. The van der Waals surface area contributed by atoms with Gasteiger partial charge in [-0.15, -0.1) is 12.4 Å². The number of anilines is 1. The maximum absolute atomic E-state index is 12.7. The zero-order valence-electron chi connectivity index (χ0n) is 14.5. The second-order valence-electron chi connectivity index (χ2n) is 7.56. The lowest BCUT2D eigenvalue weighted by Crippen LogP contribution is -2.39. The van der Waals surface area contributed by atoms with E-state index in [9.17, 15) is 9.59 Å². The first-order valence-electron chi connectivity index (χ1n) is 9.06. The molecule has 2 heterocycles. The summed E-state index contributed by atoms with van der Waals surface area (Å²) in [6.45, 7) is 3.72. The topological polar surface area (TPSA) is 61.4 Å². The molecule has 2 aliphatic heterocycles. The van der Waals surface area contributed by atoms with Crippen LogP contribution in [0, 0.1) is 11.8 Å². The lowest BCUT2D eigenvalue weighted by Gasteiger charge is -2.24. The van der Waals surface area contributed by atoms with Crippen LogP contribution in [0.25, 0.3) is 0 Å². The molecule has 2 saturated heterocycles. The molecule has 0 radical (unpaired) electrons. The molecule has 1 aromatic carbocycles. The van der Waals surface area contributed by atoms with Crippen molar-refractivity contribution in [2.24, 2.45) is 11.8 Å². The molecule has 0 spiro atoms. The monoisotopic (exact) mass is 363 g/mol. The van der Waals surface area contributed by atoms with Gasteiger partial charge in [-0.05, 0) is 55.9 Å². The molecule has 3 aliphatic rings. The molecule has 4 unspecified atom stereocenters. The third-order valence-corrected chi connectivity index (χ3v) is 5.66. The molecular weight excluding hydrogens is 338 g/mol. The van der Waals surface area contributed by atoms with Crippen molar-refractivity contribution in [2.75, 3.05) is 18.4 Å². The number of benzene rings is 1. The second kappa shape index (κ2) is 7.34. The van der Waals surface area contributed by atoms with Gasteiger partial charge in [0.2, 0.25) is 5.91 Å². The summed E-state index contributed by atoms with van der Waals surface area (Å²) >= 11 is 0. The number of rotatable bonds is 3. The zero-order valence-corrected chi connectivity index (χ0v) is 15.3. The van der Waals surface area contributed by atoms with Gasteiger partial charge in [-0.3, -0.25) is 9.59 Å². The maximum atomic E-state index is 12.7. The third-order valence-electron chi connectivity index (χ3n) is 5.66. The van der Waals surface area contributed by atoms with E-state index in [1.54, 1.807) is 0 Å². The summed E-state index contributed by atoms with van der Waals surface area (Å²) in [5, 5.41) is 6.54. The highest BCUT2D eigenvalue weighted by molar-refractivity contribution is 5.97. The summed E-state index contributed by atoms with van der Waals surface area (Å²) in [5.74, 6) is 0.846. The van der Waals surface area contributed by atoms with E-state index in [-0.39, 0.29) is 30.1 Å². The Bertz CT molecular complexity index is 649. The Kier molecular flexibility index (Phi) is 5.35. The molecule has 6 heteroatoms. The number of nitrogens with zero attached hydrogens (tertiary/aromatic N) is 1. The highest BCUT2D eigenvalue weighted by Crippen LogP contribution is 2.38. The fourth-order valence-electron chi connectivity index (χ4n) is 3.93. The molecule has 3 fully saturated rings. The van der Waals surface area contributed by atoms with Crippen LogP contribution in [-0.2, 0) is 4.79 Å². The predicted octanol–water partition coefficient (Wildman–Crippen LogP) is 2.67. The van der Waals surface area contributed by atoms with Crippen LogP contribution in [0.2, 0.25) is 0 Å². The minimum absolute atomic E-state index is 0. The summed E-state index contributed by atoms with van der Waals surface area (Å²) < 4.78 is 0. The van der Waals surface area contributed by atoms with Gasteiger partial charge in [-0.1, -0.05) is 6.92 Å². The number of carbonyl (C=O) groups is 2. The number of amides is 2. The first-order valence-corrected chi connectivity index (χ1v) is 9.06. The van der Waals surface area contributed by atoms with Crippen molar-refractivity contribution in [2.45, 2.75) is 44.7 Å². The smallest absolute Gasteiger partial charge is 0.253 e. The first-order chi connectivity index (χ1) is 11.6. The minimum atomic E-state index is 0. The van der Waals surface area contributed by atoms with Gasteiger partial charge in [0.1, 0.15) is 0 Å². The molecule has 4 rings (SSSR count). The number of likely N-dealkylation sites (tertiary alicyclic amines) is 1. The van der Waals surface area contributed by atoms with E-state index >= 15 is 0 Å². The van der Waals surface area contributed by atoms with Gasteiger partial charge in [0.15, 0.2) is 0 Å². The number of carbonyl (C=O) groups excluding carboxylic acids is 2. The lowest BCUT2D eigenvalue weighted by molar-refractivity contribution is -0.117. The SMILES string of the molecule is CC1CC1C(=O)Nc1ccc(C(=O)N2CCC3CCC(C2)N3)cc1.Cl. The summed E-state index contributed by atoms with van der Waals surface area (Å²) in [5.41, 5.74) is 1.47. The van der Waals surface area contributed by atoms with Crippen molar-refractivity contribution in [1.29, 1.82) is 0 Å². The van der Waals surface area contributed by atoms with Gasteiger partial charge in [-0.2, -0.15) is 0 Å². The summed E-state index contributed by atoms with van der Waals surface area (Å²) in [7, 11) is 0. The van der Waals surface area contributed by atoms with Crippen LogP contribution in [0.4, 0.5) is 5.69 Å². The van der Waals surface area contributed by atoms with Crippen LogP contribution in [0.1, 0.15) is 43.0 Å². The van der Waals surface area contributed by atoms with Crippen molar-refractivity contribution in [1.82, 2.24) is 10.2 Å². The Balaban J connectivity index is 0.00000182. The van der Waals surface area contributed by atoms with Crippen molar-refractivity contribution in [3.63, 3.8) is 0 Å². The average Bonchev–Trinajstić information content (AvgIpc) is 3.20. The Hall–Kier alpha value is -1.59. The molecule has 1 aromatic rings.